The Bertz CT molecular complexity index is 258. The van der Waals surface area contributed by atoms with Gasteiger partial charge in [-0.05, 0) is 26.7 Å². The van der Waals surface area contributed by atoms with Crippen LogP contribution < -0.4 is 5.73 Å². The molecule has 1 amide bonds. The molecular formula is C12H24N2O2. The largest absolute Gasteiger partial charge is 0.388 e. The van der Waals surface area contributed by atoms with Crippen molar-refractivity contribution < 1.29 is 9.90 Å². The van der Waals surface area contributed by atoms with Gasteiger partial charge >= 0.3 is 0 Å². The van der Waals surface area contributed by atoms with Crippen molar-refractivity contribution in [2.45, 2.75) is 45.1 Å². The van der Waals surface area contributed by atoms with E-state index in [1.54, 1.807) is 11.9 Å². The molecule has 1 aliphatic rings. The fourth-order valence-electron chi connectivity index (χ4n) is 2.31. The Kier molecular flexibility index (Phi) is 3.97. The number of amides is 1. The molecule has 1 saturated carbocycles. The Hall–Kier alpha value is -0.610. The molecule has 0 spiro atoms. The summed E-state index contributed by atoms with van der Waals surface area (Å²) in [4.78, 5) is 13.7. The van der Waals surface area contributed by atoms with E-state index in [-0.39, 0.29) is 5.91 Å². The Balaban J connectivity index is 2.58. The van der Waals surface area contributed by atoms with Crippen molar-refractivity contribution in [1.82, 2.24) is 4.90 Å². The molecule has 0 aromatic rings. The van der Waals surface area contributed by atoms with Gasteiger partial charge in [-0.15, -0.1) is 0 Å². The monoisotopic (exact) mass is 228 g/mol. The summed E-state index contributed by atoms with van der Waals surface area (Å²) in [5, 5.41) is 10.2. The second-order valence-electron chi connectivity index (χ2n) is 5.68. The summed E-state index contributed by atoms with van der Waals surface area (Å²) < 4.78 is 0. The lowest BCUT2D eigenvalue weighted by atomic mass is 9.91. The molecule has 1 fully saturated rings. The zero-order valence-corrected chi connectivity index (χ0v) is 10.6. The van der Waals surface area contributed by atoms with Crippen LogP contribution in [-0.4, -0.2) is 41.7 Å². The second kappa shape index (κ2) is 4.72. The first-order chi connectivity index (χ1) is 7.31. The third-order valence-corrected chi connectivity index (χ3v) is 3.50. The molecule has 1 rings (SSSR count). The van der Waals surface area contributed by atoms with Gasteiger partial charge in [-0.25, -0.2) is 0 Å². The average Bonchev–Trinajstić information content (AvgIpc) is 2.63. The van der Waals surface area contributed by atoms with Crippen molar-refractivity contribution in [3.05, 3.63) is 0 Å². The highest BCUT2D eigenvalue weighted by atomic mass is 16.3. The molecule has 1 aliphatic carbocycles. The molecule has 0 bridgehead atoms. The number of likely N-dealkylation sites (N-methyl/N-ethyl adjacent to an activating group) is 1. The number of nitrogens with two attached hydrogens (primary N) is 1. The maximum atomic E-state index is 12.1. The van der Waals surface area contributed by atoms with Gasteiger partial charge in [0.05, 0.1) is 11.0 Å². The van der Waals surface area contributed by atoms with Crippen molar-refractivity contribution in [2.24, 2.45) is 11.1 Å². The molecule has 4 nitrogen and oxygen atoms in total. The summed E-state index contributed by atoms with van der Waals surface area (Å²) in [5.41, 5.74) is 4.37. The highest BCUT2D eigenvalue weighted by molar-refractivity contribution is 5.82. The van der Waals surface area contributed by atoms with E-state index in [4.69, 9.17) is 5.73 Å². The predicted molar refractivity (Wildman–Crippen MR) is 63.9 cm³/mol. The van der Waals surface area contributed by atoms with Crippen molar-refractivity contribution in [2.75, 3.05) is 20.1 Å². The van der Waals surface area contributed by atoms with Gasteiger partial charge in [0.15, 0.2) is 0 Å². The maximum absolute atomic E-state index is 12.1. The molecule has 0 radical (unpaired) electrons. The van der Waals surface area contributed by atoms with Gasteiger partial charge in [0.25, 0.3) is 0 Å². The number of carbonyl (C=O) groups is 1. The normalized spacial score (nSPS) is 19.8. The van der Waals surface area contributed by atoms with Gasteiger partial charge in [0.1, 0.15) is 0 Å². The third kappa shape index (κ3) is 2.95. The Labute approximate surface area is 97.8 Å². The molecule has 0 atom stereocenters. The molecule has 0 aromatic heterocycles. The van der Waals surface area contributed by atoms with Crippen LogP contribution in [0.2, 0.25) is 0 Å². The van der Waals surface area contributed by atoms with E-state index in [0.717, 1.165) is 25.7 Å². The van der Waals surface area contributed by atoms with Crippen molar-refractivity contribution in [3.8, 4) is 0 Å². The zero-order chi connectivity index (χ0) is 12.4. The lowest BCUT2D eigenvalue weighted by molar-refractivity contribution is -0.141. The molecule has 94 valence electrons. The predicted octanol–water partition coefficient (Wildman–Crippen LogP) is 0.735. The molecule has 0 aromatic carbocycles. The van der Waals surface area contributed by atoms with Crippen LogP contribution in [-0.2, 0) is 4.79 Å². The SMILES string of the molecule is CN(CC1(O)CCCC1)C(=O)C(C)(C)CN. The molecule has 0 aliphatic heterocycles. The summed E-state index contributed by atoms with van der Waals surface area (Å²) in [7, 11) is 1.75. The number of aliphatic hydroxyl groups is 1. The van der Waals surface area contributed by atoms with Crippen molar-refractivity contribution >= 4 is 5.91 Å². The van der Waals surface area contributed by atoms with Crippen LogP contribution in [0.1, 0.15) is 39.5 Å². The fraction of sp³-hybridized carbons (Fsp3) is 0.917. The van der Waals surface area contributed by atoms with Crippen LogP contribution in [0.15, 0.2) is 0 Å². The van der Waals surface area contributed by atoms with E-state index in [9.17, 15) is 9.90 Å². The van der Waals surface area contributed by atoms with Crippen LogP contribution in [0.4, 0.5) is 0 Å². The van der Waals surface area contributed by atoms with E-state index in [0.29, 0.717) is 13.1 Å². The van der Waals surface area contributed by atoms with Crippen LogP contribution in [0, 0.1) is 5.41 Å². The molecule has 16 heavy (non-hydrogen) atoms. The highest BCUT2D eigenvalue weighted by Gasteiger charge is 2.36. The fourth-order valence-corrected chi connectivity index (χ4v) is 2.31. The number of carbonyl (C=O) groups excluding carboxylic acids is 1. The maximum Gasteiger partial charge on any atom is 0.229 e. The lowest BCUT2D eigenvalue weighted by Gasteiger charge is -2.33. The van der Waals surface area contributed by atoms with Crippen LogP contribution >= 0.6 is 0 Å². The smallest absolute Gasteiger partial charge is 0.229 e. The van der Waals surface area contributed by atoms with Crippen LogP contribution in [0.3, 0.4) is 0 Å². The van der Waals surface area contributed by atoms with Gasteiger partial charge in [-0.3, -0.25) is 4.79 Å². The van der Waals surface area contributed by atoms with E-state index >= 15 is 0 Å². The Morgan fingerprint density at radius 1 is 1.44 bits per heavy atom. The van der Waals surface area contributed by atoms with Gasteiger partial charge in [-0.1, -0.05) is 12.8 Å². The number of hydrogen-bond donors (Lipinski definition) is 2. The Morgan fingerprint density at radius 2 is 1.94 bits per heavy atom. The average molecular weight is 228 g/mol. The topological polar surface area (TPSA) is 66.6 Å². The third-order valence-electron chi connectivity index (χ3n) is 3.50. The minimum absolute atomic E-state index is 0.00956. The van der Waals surface area contributed by atoms with Crippen molar-refractivity contribution in [1.29, 1.82) is 0 Å². The standard InChI is InChI=1S/C12H24N2O2/c1-11(2,8-13)10(15)14(3)9-12(16)6-4-5-7-12/h16H,4-9,13H2,1-3H3. The summed E-state index contributed by atoms with van der Waals surface area (Å²) in [6.45, 7) is 4.43. The van der Waals surface area contributed by atoms with Gasteiger partial charge in [-0.2, -0.15) is 0 Å². The number of hydrogen-bond acceptors (Lipinski definition) is 3. The molecule has 3 N–H and O–H groups in total. The number of rotatable bonds is 4. The zero-order valence-electron chi connectivity index (χ0n) is 10.6. The summed E-state index contributed by atoms with van der Waals surface area (Å²) in [5.74, 6) is 0.00956. The van der Waals surface area contributed by atoms with Crippen LogP contribution in [0.25, 0.3) is 0 Å². The lowest BCUT2D eigenvalue weighted by Crippen LogP contribution is -2.48. The molecule has 0 heterocycles. The first-order valence-electron chi connectivity index (χ1n) is 5.99. The van der Waals surface area contributed by atoms with E-state index in [2.05, 4.69) is 0 Å². The van der Waals surface area contributed by atoms with E-state index in [1.807, 2.05) is 13.8 Å². The summed E-state index contributed by atoms with van der Waals surface area (Å²) >= 11 is 0. The molecule has 4 heteroatoms. The minimum atomic E-state index is -0.672. The first kappa shape index (κ1) is 13.5. The highest BCUT2D eigenvalue weighted by Crippen LogP contribution is 2.30. The summed E-state index contributed by atoms with van der Waals surface area (Å²) in [6.07, 6.45) is 3.71. The van der Waals surface area contributed by atoms with Crippen LogP contribution in [0.5, 0.6) is 0 Å². The summed E-state index contributed by atoms with van der Waals surface area (Å²) in [6, 6.07) is 0. The second-order valence-corrected chi connectivity index (χ2v) is 5.68. The molecule has 0 saturated heterocycles. The molecular weight excluding hydrogens is 204 g/mol. The quantitative estimate of drug-likeness (QED) is 0.745. The van der Waals surface area contributed by atoms with Gasteiger partial charge in [0, 0.05) is 20.1 Å². The van der Waals surface area contributed by atoms with Crippen molar-refractivity contribution in [3.63, 3.8) is 0 Å². The van der Waals surface area contributed by atoms with E-state index in [1.165, 1.54) is 0 Å². The Morgan fingerprint density at radius 3 is 2.38 bits per heavy atom. The van der Waals surface area contributed by atoms with Gasteiger partial charge in [0.2, 0.25) is 5.91 Å². The minimum Gasteiger partial charge on any atom is -0.388 e. The molecule has 0 unspecified atom stereocenters. The van der Waals surface area contributed by atoms with Gasteiger partial charge < -0.3 is 15.7 Å². The number of nitrogens with zero attached hydrogens (tertiary/aromatic N) is 1. The first-order valence-corrected chi connectivity index (χ1v) is 5.99. The van der Waals surface area contributed by atoms with E-state index < -0.39 is 11.0 Å².